The maximum atomic E-state index is 3.65. The minimum absolute atomic E-state index is 0.421. The molecule has 0 fully saturated rings. The van der Waals surface area contributed by atoms with Crippen molar-refractivity contribution in [2.45, 2.75) is 37.9 Å². The molecule has 1 aromatic rings. The summed E-state index contributed by atoms with van der Waals surface area (Å²) < 4.78 is 1.22. The van der Waals surface area contributed by atoms with Crippen LogP contribution in [0.4, 0.5) is 0 Å². The molecule has 14 heavy (non-hydrogen) atoms. The van der Waals surface area contributed by atoms with Gasteiger partial charge >= 0.3 is 0 Å². The fraction of sp³-hybridized carbons (Fsp3) is 0.500. The van der Waals surface area contributed by atoms with Crippen LogP contribution in [0.3, 0.4) is 0 Å². The molecule has 1 atom stereocenters. The van der Waals surface area contributed by atoms with E-state index >= 15 is 0 Å². The zero-order chi connectivity index (χ0) is 10.6. The van der Waals surface area contributed by atoms with Crippen LogP contribution < -0.4 is 0 Å². The van der Waals surface area contributed by atoms with Gasteiger partial charge in [0.1, 0.15) is 0 Å². The van der Waals surface area contributed by atoms with Gasteiger partial charge in [0.25, 0.3) is 0 Å². The number of benzene rings is 1. The lowest BCUT2D eigenvalue weighted by atomic mass is 10.0. The molecule has 0 saturated heterocycles. The number of hydrogen-bond acceptors (Lipinski definition) is 0. The topological polar surface area (TPSA) is 0 Å². The zero-order valence-electron chi connectivity index (χ0n) is 8.69. The molecule has 78 valence electrons. The highest BCUT2D eigenvalue weighted by Gasteiger charge is 2.10. The molecule has 0 amide bonds. The predicted octanol–water partition coefficient (Wildman–Crippen LogP) is 5.25. The normalized spacial score (nSPS) is 12.9. The molecule has 0 aliphatic heterocycles. The Balaban J connectivity index is 2.96. The summed E-state index contributed by atoms with van der Waals surface area (Å²) in [5, 5.41) is 0. The summed E-state index contributed by atoms with van der Waals surface area (Å²) in [4.78, 5) is 0.421. The standard InChI is InChI=1S/C12H16Br2/c1-3-4-6-10-7-5-8-11(14)12(10)9(2)13/h5,7-9H,3-4,6H2,1-2H3. The molecule has 0 radical (unpaired) electrons. The van der Waals surface area contributed by atoms with Crippen LogP contribution in [0.15, 0.2) is 22.7 Å². The summed E-state index contributed by atoms with van der Waals surface area (Å²) in [5.74, 6) is 0. The highest BCUT2D eigenvalue weighted by molar-refractivity contribution is 9.11. The van der Waals surface area contributed by atoms with Crippen LogP contribution in [0.5, 0.6) is 0 Å². The van der Waals surface area contributed by atoms with Crippen LogP contribution in [-0.4, -0.2) is 0 Å². The number of aryl methyl sites for hydroxylation is 1. The van der Waals surface area contributed by atoms with Crippen molar-refractivity contribution in [1.29, 1.82) is 0 Å². The van der Waals surface area contributed by atoms with Crippen molar-refractivity contribution >= 4 is 31.9 Å². The molecule has 0 spiro atoms. The number of alkyl halides is 1. The maximum absolute atomic E-state index is 3.65. The van der Waals surface area contributed by atoms with Gasteiger partial charge in [-0.1, -0.05) is 57.3 Å². The highest BCUT2D eigenvalue weighted by atomic mass is 79.9. The Morgan fingerprint density at radius 3 is 2.64 bits per heavy atom. The van der Waals surface area contributed by atoms with Crippen molar-refractivity contribution in [2.24, 2.45) is 0 Å². The lowest BCUT2D eigenvalue weighted by Crippen LogP contribution is -1.96. The summed E-state index contributed by atoms with van der Waals surface area (Å²) in [6.45, 7) is 4.41. The van der Waals surface area contributed by atoms with E-state index in [0.29, 0.717) is 4.83 Å². The second-order valence-corrected chi connectivity index (χ2v) is 5.76. The number of unbranched alkanes of at least 4 members (excludes halogenated alkanes) is 1. The van der Waals surface area contributed by atoms with Crippen molar-refractivity contribution in [3.63, 3.8) is 0 Å². The van der Waals surface area contributed by atoms with Crippen LogP contribution in [0.1, 0.15) is 42.6 Å². The Hall–Kier alpha value is 0.180. The van der Waals surface area contributed by atoms with Crippen LogP contribution in [-0.2, 0) is 6.42 Å². The first-order chi connectivity index (χ1) is 6.66. The molecule has 0 aromatic heterocycles. The van der Waals surface area contributed by atoms with Gasteiger partial charge in [-0.15, -0.1) is 0 Å². The van der Waals surface area contributed by atoms with Gasteiger partial charge in [-0.3, -0.25) is 0 Å². The van der Waals surface area contributed by atoms with E-state index in [2.05, 4.69) is 63.9 Å². The SMILES string of the molecule is CCCCc1cccc(Br)c1C(C)Br. The molecule has 0 bridgehead atoms. The minimum Gasteiger partial charge on any atom is -0.0841 e. The van der Waals surface area contributed by atoms with E-state index in [0.717, 1.165) is 0 Å². The first-order valence-corrected chi connectivity index (χ1v) is 6.79. The van der Waals surface area contributed by atoms with E-state index in [9.17, 15) is 0 Å². The van der Waals surface area contributed by atoms with E-state index in [1.165, 1.54) is 34.9 Å². The largest absolute Gasteiger partial charge is 0.0841 e. The summed E-state index contributed by atoms with van der Waals surface area (Å²) in [6, 6.07) is 6.46. The lowest BCUT2D eigenvalue weighted by Gasteiger charge is -2.13. The summed E-state index contributed by atoms with van der Waals surface area (Å²) in [6.07, 6.45) is 3.70. The molecular formula is C12H16Br2. The molecule has 1 aromatic carbocycles. The van der Waals surface area contributed by atoms with Gasteiger partial charge < -0.3 is 0 Å². The molecule has 0 aliphatic rings. The number of halogens is 2. The smallest absolute Gasteiger partial charge is 0.0381 e. The average molecular weight is 320 g/mol. The second kappa shape index (κ2) is 5.92. The molecule has 0 nitrogen and oxygen atoms in total. The number of rotatable bonds is 4. The average Bonchev–Trinajstić information content (AvgIpc) is 2.14. The first kappa shape index (κ1) is 12.3. The fourth-order valence-electron chi connectivity index (χ4n) is 1.61. The van der Waals surface area contributed by atoms with Crippen LogP contribution in [0.25, 0.3) is 0 Å². The van der Waals surface area contributed by atoms with Gasteiger partial charge in [0.2, 0.25) is 0 Å². The highest BCUT2D eigenvalue weighted by Crippen LogP contribution is 2.32. The Labute approximate surface area is 103 Å². The molecule has 0 heterocycles. The van der Waals surface area contributed by atoms with Gasteiger partial charge in [0, 0.05) is 9.30 Å². The van der Waals surface area contributed by atoms with E-state index in [1.54, 1.807) is 0 Å². The van der Waals surface area contributed by atoms with Crippen molar-refractivity contribution in [1.82, 2.24) is 0 Å². The molecule has 1 rings (SSSR count). The third-order valence-electron chi connectivity index (χ3n) is 2.34. The van der Waals surface area contributed by atoms with Crippen molar-refractivity contribution in [3.8, 4) is 0 Å². The first-order valence-electron chi connectivity index (χ1n) is 5.08. The maximum Gasteiger partial charge on any atom is 0.0381 e. The van der Waals surface area contributed by atoms with Gasteiger partial charge in [0.15, 0.2) is 0 Å². The molecule has 0 N–H and O–H groups in total. The van der Waals surface area contributed by atoms with Crippen molar-refractivity contribution < 1.29 is 0 Å². The van der Waals surface area contributed by atoms with Crippen LogP contribution >= 0.6 is 31.9 Å². The Morgan fingerprint density at radius 1 is 1.36 bits per heavy atom. The van der Waals surface area contributed by atoms with Gasteiger partial charge in [-0.05, 0) is 37.0 Å². The third kappa shape index (κ3) is 3.09. The molecule has 0 saturated carbocycles. The molecule has 2 heteroatoms. The van der Waals surface area contributed by atoms with Gasteiger partial charge in [-0.2, -0.15) is 0 Å². The lowest BCUT2D eigenvalue weighted by molar-refractivity contribution is 0.786. The van der Waals surface area contributed by atoms with E-state index < -0.39 is 0 Å². The quantitative estimate of drug-likeness (QED) is 0.665. The molecule has 0 aliphatic carbocycles. The van der Waals surface area contributed by atoms with Crippen molar-refractivity contribution in [2.75, 3.05) is 0 Å². The van der Waals surface area contributed by atoms with Gasteiger partial charge in [-0.25, -0.2) is 0 Å². The van der Waals surface area contributed by atoms with E-state index in [4.69, 9.17) is 0 Å². The minimum atomic E-state index is 0.421. The summed E-state index contributed by atoms with van der Waals surface area (Å²) >= 11 is 7.26. The van der Waals surface area contributed by atoms with E-state index in [1.807, 2.05) is 0 Å². The van der Waals surface area contributed by atoms with Crippen LogP contribution in [0, 0.1) is 0 Å². The van der Waals surface area contributed by atoms with Crippen molar-refractivity contribution in [3.05, 3.63) is 33.8 Å². The summed E-state index contributed by atoms with van der Waals surface area (Å²) in [7, 11) is 0. The Morgan fingerprint density at radius 2 is 2.07 bits per heavy atom. The second-order valence-electron chi connectivity index (χ2n) is 3.53. The third-order valence-corrected chi connectivity index (χ3v) is 3.49. The summed E-state index contributed by atoms with van der Waals surface area (Å²) in [5.41, 5.74) is 2.87. The Kier molecular flexibility index (Phi) is 5.18. The zero-order valence-corrected chi connectivity index (χ0v) is 11.9. The number of hydrogen-bond donors (Lipinski definition) is 0. The van der Waals surface area contributed by atoms with E-state index in [-0.39, 0.29) is 0 Å². The molecule has 1 unspecified atom stereocenters. The molecular weight excluding hydrogens is 304 g/mol. The van der Waals surface area contributed by atoms with Crippen LogP contribution in [0.2, 0.25) is 0 Å². The monoisotopic (exact) mass is 318 g/mol. The van der Waals surface area contributed by atoms with Gasteiger partial charge in [0.05, 0.1) is 0 Å². The fourth-order valence-corrected chi connectivity index (χ4v) is 3.21. The predicted molar refractivity (Wildman–Crippen MR) is 70.1 cm³/mol. The Bertz CT molecular complexity index is 292.